The molecule has 0 radical (unpaired) electrons. The van der Waals surface area contributed by atoms with Crippen LogP contribution in [0.15, 0.2) is 35.8 Å². The molecule has 5 nitrogen and oxygen atoms in total. The van der Waals surface area contributed by atoms with Gasteiger partial charge >= 0.3 is 0 Å². The first-order chi connectivity index (χ1) is 8.60. The van der Waals surface area contributed by atoms with Crippen LogP contribution in [0.5, 0.6) is 11.5 Å². The molecule has 2 rings (SSSR count). The van der Waals surface area contributed by atoms with Crippen LogP contribution in [0.1, 0.15) is 0 Å². The average molecular weight is 246 g/mol. The van der Waals surface area contributed by atoms with Gasteiger partial charge in [0.15, 0.2) is 5.75 Å². The number of hydrogen-bond donors (Lipinski definition) is 2. The highest BCUT2D eigenvalue weighted by atomic mass is 16.5. The van der Waals surface area contributed by atoms with Crippen molar-refractivity contribution < 1.29 is 9.84 Å². The van der Waals surface area contributed by atoms with Crippen molar-refractivity contribution in [2.45, 2.75) is 0 Å². The fourth-order valence-corrected chi connectivity index (χ4v) is 1.90. The molecule has 0 aliphatic heterocycles. The van der Waals surface area contributed by atoms with E-state index in [1.165, 1.54) is 17.9 Å². The van der Waals surface area contributed by atoms with Crippen LogP contribution >= 0.6 is 0 Å². The Morgan fingerprint density at radius 1 is 1.50 bits per heavy atom. The lowest BCUT2D eigenvalue weighted by atomic mass is 10.1. The van der Waals surface area contributed by atoms with Gasteiger partial charge in [0.05, 0.1) is 12.6 Å². The summed E-state index contributed by atoms with van der Waals surface area (Å²) in [6, 6.07) is 5.28. The van der Waals surface area contributed by atoms with Crippen molar-refractivity contribution in [3.05, 3.63) is 41.3 Å². The third-order valence-corrected chi connectivity index (χ3v) is 2.80. The zero-order chi connectivity index (χ0) is 13.3. The molecule has 0 saturated heterocycles. The van der Waals surface area contributed by atoms with Gasteiger partial charge in [-0.2, -0.15) is 0 Å². The Hall–Kier alpha value is -2.43. The maximum atomic E-state index is 11.9. The minimum Gasteiger partial charge on any atom is -0.504 e. The summed E-state index contributed by atoms with van der Waals surface area (Å²) in [5.41, 5.74) is 1.04. The summed E-state index contributed by atoms with van der Waals surface area (Å²) < 4.78 is 6.38. The van der Waals surface area contributed by atoms with E-state index in [2.05, 4.69) is 11.9 Å². The topological polar surface area (TPSA) is 63.5 Å². The largest absolute Gasteiger partial charge is 0.504 e. The van der Waals surface area contributed by atoms with Crippen LogP contribution in [0.2, 0.25) is 0 Å². The van der Waals surface area contributed by atoms with Gasteiger partial charge in [-0.3, -0.25) is 4.79 Å². The van der Waals surface area contributed by atoms with Crippen molar-refractivity contribution in [1.82, 2.24) is 4.57 Å². The number of ether oxygens (including phenoxy) is 1. The van der Waals surface area contributed by atoms with Crippen molar-refractivity contribution >= 4 is 16.6 Å². The zero-order valence-electron chi connectivity index (χ0n) is 10.2. The second kappa shape index (κ2) is 4.44. The highest BCUT2D eigenvalue weighted by molar-refractivity contribution is 5.90. The first-order valence-electron chi connectivity index (χ1n) is 5.37. The number of aromatic hydroxyl groups is 1. The quantitative estimate of drug-likeness (QED) is 0.867. The second-order valence-electron chi connectivity index (χ2n) is 3.83. The number of anilines is 1. The van der Waals surface area contributed by atoms with Crippen LogP contribution in [0, 0.1) is 0 Å². The molecular formula is C13H14N2O3. The van der Waals surface area contributed by atoms with E-state index in [4.69, 9.17) is 4.74 Å². The van der Waals surface area contributed by atoms with Crippen molar-refractivity contribution in [2.75, 3.05) is 12.4 Å². The van der Waals surface area contributed by atoms with Gasteiger partial charge < -0.3 is 19.7 Å². The maximum absolute atomic E-state index is 11.9. The minimum absolute atomic E-state index is 0.0549. The number of pyridine rings is 1. The molecule has 0 unspecified atom stereocenters. The summed E-state index contributed by atoms with van der Waals surface area (Å²) in [6.07, 6.45) is 1.54. The predicted molar refractivity (Wildman–Crippen MR) is 71.2 cm³/mol. The van der Waals surface area contributed by atoms with E-state index in [0.717, 1.165) is 5.69 Å². The van der Waals surface area contributed by atoms with E-state index >= 15 is 0 Å². The zero-order valence-corrected chi connectivity index (χ0v) is 10.2. The number of hydrogen-bond acceptors (Lipinski definition) is 4. The van der Waals surface area contributed by atoms with Crippen LogP contribution in [0.3, 0.4) is 0 Å². The lowest BCUT2D eigenvalue weighted by Gasteiger charge is -2.11. The molecule has 2 N–H and O–H groups in total. The van der Waals surface area contributed by atoms with E-state index in [1.54, 1.807) is 25.2 Å². The number of methoxy groups -OCH3 is 1. The molecule has 0 atom stereocenters. The van der Waals surface area contributed by atoms with Gasteiger partial charge in [0.25, 0.3) is 5.56 Å². The molecule has 0 amide bonds. The SMILES string of the molecule is C=CNc1ccc2c(c1)c(O)c(OC)c(=O)n2C. The fraction of sp³-hybridized carbons (Fsp3) is 0.154. The molecule has 1 aromatic heterocycles. The van der Waals surface area contributed by atoms with Crippen LogP contribution in [-0.2, 0) is 7.05 Å². The molecule has 0 aliphatic carbocycles. The van der Waals surface area contributed by atoms with E-state index < -0.39 is 0 Å². The smallest absolute Gasteiger partial charge is 0.297 e. The van der Waals surface area contributed by atoms with Gasteiger partial charge in [-0.15, -0.1) is 0 Å². The maximum Gasteiger partial charge on any atom is 0.297 e. The van der Waals surface area contributed by atoms with E-state index in [-0.39, 0.29) is 17.1 Å². The first kappa shape index (κ1) is 12.0. The van der Waals surface area contributed by atoms with Crippen LogP contribution in [0.4, 0.5) is 5.69 Å². The standard InChI is InChI=1S/C13H14N2O3/c1-4-14-8-5-6-10-9(7-8)11(16)12(18-3)13(17)15(10)2/h4-7,14,16H,1H2,2-3H3. The lowest BCUT2D eigenvalue weighted by Crippen LogP contribution is -2.18. The Morgan fingerprint density at radius 2 is 2.22 bits per heavy atom. The molecule has 1 aromatic carbocycles. The van der Waals surface area contributed by atoms with E-state index in [0.29, 0.717) is 10.9 Å². The monoisotopic (exact) mass is 246 g/mol. The molecule has 1 heterocycles. The third-order valence-electron chi connectivity index (χ3n) is 2.80. The summed E-state index contributed by atoms with van der Waals surface area (Å²) in [5.74, 6) is -0.205. The summed E-state index contributed by atoms with van der Waals surface area (Å²) in [6.45, 7) is 3.57. The van der Waals surface area contributed by atoms with E-state index in [9.17, 15) is 9.90 Å². The minimum atomic E-state index is -0.369. The summed E-state index contributed by atoms with van der Waals surface area (Å²) in [5, 5.41) is 13.5. The highest BCUT2D eigenvalue weighted by Gasteiger charge is 2.15. The van der Waals surface area contributed by atoms with Gasteiger partial charge in [0.2, 0.25) is 5.75 Å². The predicted octanol–water partition coefficient (Wildman–Crippen LogP) is 1.81. The number of nitrogens with zero attached hydrogens (tertiary/aromatic N) is 1. The number of rotatable bonds is 3. The molecule has 0 spiro atoms. The van der Waals surface area contributed by atoms with Gasteiger partial charge in [0, 0.05) is 18.1 Å². The van der Waals surface area contributed by atoms with Crippen molar-refractivity contribution in [3.8, 4) is 11.5 Å². The highest BCUT2D eigenvalue weighted by Crippen LogP contribution is 2.32. The van der Waals surface area contributed by atoms with Crippen molar-refractivity contribution in [3.63, 3.8) is 0 Å². The Bertz CT molecular complexity index is 674. The molecule has 94 valence electrons. The summed E-state index contributed by atoms with van der Waals surface area (Å²) in [4.78, 5) is 11.9. The Kier molecular flexibility index (Phi) is 2.97. The number of fused-ring (bicyclic) bond motifs is 1. The number of benzene rings is 1. The van der Waals surface area contributed by atoms with Crippen LogP contribution in [0.25, 0.3) is 10.9 Å². The van der Waals surface area contributed by atoms with Crippen molar-refractivity contribution in [1.29, 1.82) is 0 Å². The summed E-state index contributed by atoms with van der Waals surface area (Å²) in [7, 11) is 2.99. The number of aryl methyl sites for hydroxylation is 1. The van der Waals surface area contributed by atoms with Crippen molar-refractivity contribution in [2.24, 2.45) is 7.05 Å². The van der Waals surface area contributed by atoms with Gasteiger partial charge in [0.1, 0.15) is 0 Å². The normalized spacial score (nSPS) is 10.3. The van der Waals surface area contributed by atoms with Gasteiger partial charge in [-0.25, -0.2) is 0 Å². The molecule has 2 aromatic rings. The molecule has 0 aliphatic rings. The molecule has 5 heteroatoms. The Balaban J connectivity index is 2.85. The van der Waals surface area contributed by atoms with Gasteiger partial charge in [-0.1, -0.05) is 6.58 Å². The Labute approximate surface area is 104 Å². The second-order valence-corrected chi connectivity index (χ2v) is 3.83. The third kappa shape index (κ3) is 1.69. The van der Waals surface area contributed by atoms with E-state index in [1.807, 2.05) is 0 Å². The molecule has 0 fully saturated rings. The first-order valence-corrected chi connectivity index (χ1v) is 5.37. The molecule has 0 saturated carbocycles. The molecule has 0 bridgehead atoms. The van der Waals surface area contributed by atoms with Gasteiger partial charge in [-0.05, 0) is 24.4 Å². The lowest BCUT2D eigenvalue weighted by molar-refractivity contribution is 0.368. The molecular weight excluding hydrogens is 232 g/mol. The van der Waals surface area contributed by atoms with Crippen LogP contribution < -0.4 is 15.6 Å². The summed E-state index contributed by atoms with van der Waals surface area (Å²) >= 11 is 0. The average Bonchev–Trinajstić information content (AvgIpc) is 2.37. The Morgan fingerprint density at radius 3 is 2.83 bits per heavy atom. The molecule has 18 heavy (non-hydrogen) atoms. The number of nitrogens with one attached hydrogen (secondary N) is 1. The van der Waals surface area contributed by atoms with Crippen LogP contribution in [-0.4, -0.2) is 16.8 Å². The fourth-order valence-electron chi connectivity index (χ4n) is 1.90. The number of aromatic nitrogens is 1.